The molecule has 0 aromatic heterocycles. The van der Waals surface area contributed by atoms with Gasteiger partial charge in [0, 0.05) is 5.56 Å². The van der Waals surface area contributed by atoms with E-state index in [9.17, 15) is 0 Å². The molecule has 1 aromatic rings. The number of rotatable bonds is 4. The first-order valence-corrected chi connectivity index (χ1v) is 5.36. The second kappa shape index (κ2) is 5.06. The monoisotopic (exact) mass is 208 g/mol. The van der Waals surface area contributed by atoms with Crippen molar-refractivity contribution >= 4 is 0 Å². The predicted molar refractivity (Wildman–Crippen MR) is 63.0 cm³/mol. The number of ether oxygens (including phenoxy) is 2. The molecule has 0 amide bonds. The largest absolute Gasteiger partial charge is 0.496 e. The molecule has 2 nitrogen and oxygen atoms in total. The highest BCUT2D eigenvalue weighted by atomic mass is 16.5. The van der Waals surface area contributed by atoms with Crippen LogP contribution in [0.3, 0.4) is 0 Å². The molecule has 0 aliphatic heterocycles. The van der Waals surface area contributed by atoms with Gasteiger partial charge in [0.25, 0.3) is 0 Å². The van der Waals surface area contributed by atoms with Crippen molar-refractivity contribution in [2.75, 3.05) is 14.2 Å². The van der Waals surface area contributed by atoms with Crippen LogP contribution in [0.25, 0.3) is 0 Å². The van der Waals surface area contributed by atoms with Gasteiger partial charge >= 0.3 is 0 Å². The van der Waals surface area contributed by atoms with Crippen molar-refractivity contribution in [3.8, 4) is 11.5 Å². The Labute approximate surface area is 92.2 Å². The van der Waals surface area contributed by atoms with Crippen molar-refractivity contribution < 1.29 is 9.47 Å². The molecule has 2 heteroatoms. The lowest BCUT2D eigenvalue weighted by Gasteiger charge is -2.15. The molecule has 0 bridgehead atoms. The summed E-state index contributed by atoms with van der Waals surface area (Å²) in [7, 11) is 3.39. The maximum absolute atomic E-state index is 5.34. The zero-order valence-corrected chi connectivity index (χ0v) is 10.3. The van der Waals surface area contributed by atoms with Crippen LogP contribution in [-0.4, -0.2) is 14.2 Å². The Hall–Kier alpha value is -1.18. The fourth-order valence-electron chi connectivity index (χ4n) is 1.63. The Morgan fingerprint density at radius 1 is 1.13 bits per heavy atom. The van der Waals surface area contributed by atoms with Gasteiger partial charge in [-0.3, -0.25) is 0 Å². The lowest BCUT2D eigenvalue weighted by Crippen LogP contribution is -1.98. The summed E-state index contributed by atoms with van der Waals surface area (Å²) in [5.41, 5.74) is 2.34. The normalized spacial score (nSPS) is 12.3. The quantitative estimate of drug-likeness (QED) is 0.753. The Kier molecular flexibility index (Phi) is 4.01. The van der Waals surface area contributed by atoms with Crippen molar-refractivity contribution in [1.82, 2.24) is 0 Å². The van der Waals surface area contributed by atoms with Crippen LogP contribution in [0, 0.1) is 6.92 Å². The van der Waals surface area contributed by atoms with Gasteiger partial charge in [0.2, 0.25) is 0 Å². The van der Waals surface area contributed by atoms with E-state index < -0.39 is 0 Å². The van der Waals surface area contributed by atoms with Crippen LogP contribution in [-0.2, 0) is 0 Å². The highest BCUT2D eigenvalue weighted by Gasteiger charge is 2.11. The minimum absolute atomic E-state index is 0.536. The van der Waals surface area contributed by atoms with Crippen LogP contribution in [0.1, 0.15) is 37.3 Å². The summed E-state index contributed by atoms with van der Waals surface area (Å²) in [6, 6.07) is 4.21. The molecule has 84 valence electrons. The average molecular weight is 208 g/mol. The van der Waals surface area contributed by atoms with Gasteiger partial charge in [-0.2, -0.15) is 0 Å². The van der Waals surface area contributed by atoms with E-state index in [2.05, 4.69) is 26.0 Å². The van der Waals surface area contributed by atoms with Gasteiger partial charge in [-0.05, 0) is 37.0 Å². The standard InChI is InChI=1S/C13H20O2/c1-6-9(2)11-7-12(14-4)10(3)13(8-11)15-5/h7-9H,6H2,1-5H3. The van der Waals surface area contributed by atoms with Crippen LogP contribution in [0.5, 0.6) is 11.5 Å². The molecule has 1 atom stereocenters. The molecule has 0 aliphatic carbocycles. The lowest BCUT2D eigenvalue weighted by atomic mass is 9.96. The molecular weight excluding hydrogens is 188 g/mol. The van der Waals surface area contributed by atoms with Crippen molar-refractivity contribution in [2.45, 2.75) is 33.1 Å². The van der Waals surface area contributed by atoms with E-state index in [4.69, 9.17) is 9.47 Å². The Bertz CT molecular complexity index is 306. The van der Waals surface area contributed by atoms with Gasteiger partial charge in [0.05, 0.1) is 14.2 Å². The highest BCUT2D eigenvalue weighted by molar-refractivity contribution is 5.48. The second-order valence-electron chi connectivity index (χ2n) is 3.86. The van der Waals surface area contributed by atoms with Gasteiger partial charge in [0.1, 0.15) is 11.5 Å². The summed E-state index contributed by atoms with van der Waals surface area (Å²) >= 11 is 0. The molecule has 1 aromatic carbocycles. The Morgan fingerprint density at radius 2 is 1.60 bits per heavy atom. The third kappa shape index (κ3) is 2.44. The molecule has 0 heterocycles. The number of methoxy groups -OCH3 is 2. The zero-order chi connectivity index (χ0) is 11.4. The third-order valence-corrected chi connectivity index (χ3v) is 2.96. The van der Waals surface area contributed by atoms with Gasteiger partial charge in [-0.1, -0.05) is 13.8 Å². The van der Waals surface area contributed by atoms with Crippen molar-refractivity contribution in [2.24, 2.45) is 0 Å². The van der Waals surface area contributed by atoms with Crippen LogP contribution in [0.2, 0.25) is 0 Å². The maximum Gasteiger partial charge on any atom is 0.125 e. The Balaban J connectivity index is 3.20. The minimum atomic E-state index is 0.536. The third-order valence-electron chi connectivity index (χ3n) is 2.96. The molecule has 0 fully saturated rings. The summed E-state index contributed by atoms with van der Waals surface area (Å²) in [5.74, 6) is 2.35. The van der Waals surface area contributed by atoms with Crippen LogP contribution in [0.4, 0.5) is 0 Å². The first kappa shape index (κ1) is 11.9. The summed E-state index contributed by atoms with van der Waals surface area (Å²) in [4.78, 5) is 0. The minimum Gasteiger partial charge on any atom is -0.496 e. The molecular formula is C13H20O2. The van der Waals surface area contributed by atoms with Gasteiger partial charge in [-0.25, -0.2) is 0 Å². The van der Waals surface area contributed by atoms with E-state index in [0.29, 0.717) is 5.92 Å². The predicted octanol–water partition coefficient (Wildman–Crippen LogP) is 3.53. The number of hydrogen-bond acceptors (Lipinski definition) is 2. The smallest absolute Gasteiger partial charge is 0.125 e. The van der Waals surface area contributed by atoms with E-state index in [0.717, 1.165) is 23.5 Å². The van der Waals surface area contributed by atoms with Crippen molar-refractivity contribution in [3.05, 3.63) is 23.3 Å². The fourth-order valence-corrected chi connectivity index (χ4v) is 1.63. The van der Waals surface area contributed by atoms with E-state index >= 15 is 0 Å². The molecule has 0 saturated carbocycles. The molecule has 0 aliphatic rings. The van der Waals surface area contributed by atoms with E-state index in [1.165, 1.54) is 5.56 Å². The van der Waals surface area contributed by atoms with Crippen LogP contribution < -0.4 is 9.47 Å². The summed E-state index contributed by atoms with van der Waals surface area (Å²) in [6.45, 7) is 6.41. The van der Waals surface area contributed by atoms with E-state index in [1.807, 2.05) is 6.92 Å². The summed E-state index contributed by atoms with van der Waals surface area (Å²) in [5, 5.41) is 0. The van der Waals surface area contributed by atoms with E-state index in [-0.39, 0.29) is 0 Å². The Morgan fingerprint density at radius 3 is 1.93 bits per heavy atom. The molecule has 0 saturated heterocycles. The molecule has 1 rings (SSSR count). The van der Waals surface area contributed by atoms with Gasteiger partial charge in [0.15, 0.2) is 0 Å². The number of hydrogen-bond donors (Lipinski definition) is 0. The molecule has 15 heavy (non-hydrogen) atoms. The van der Waals surface area contributed by atoms with Crippen LogP contribution >= 0.6 is 0 Å². The van der Waals surface area contributed by atoms with Crippen molar-refractivity contribution in [3.63, 3.8) is 0 Å². The number of benzene rings is 1. The topological polar surface area (TPSA) is 18.5 Å². The second-order valence-corrected chi connectivity index (χ2v) is 3.86. The highest BCUT2D eigenvalue weighted by Crippen LogP contribution is 2.33. The van der Waals surface area contributed by atoms with Crippen molar-refractivity contribution in [1.29, 1.82) is 0 Å². The average Bonchev–Trinajstić information content (AvgIpc) is 2.28. The summed E-state index contributed by atoms with van der Waals surface area (Å²) < 4.78 is 10.7. The first-order valence-electron chi connectivity index (χ1n) is 5.36. The van der Waals surface area contributed by atoms with Gasteiger partial charge < -0.3 is 9.47 Å². The molecule has 0 spiro atoms. The van der Waals surface area contributed by atoms with Gasteiger partial charge in [-0.15, -0.1) is 0 Å². The fraction of sp³-hybridized carbons (Fsp3) is 0.538. The molecule has 0 N–H and O–H groups in total. The summed E-state index contributed by atoms with van der Waals surface area (Å²) in [6.07, 6.45) is 1.12. The first-order chi connectivity index (χ1) is 7.13. The SMILES string of the molecule is CCC(C)c1cc(OC)c(C)c(OC)c1. The van der Waals surface area contributed by atoms with E-state index in [1.54, 1.807) is 14.2 Å². The lowest BCUT2D eigenvalue weighted by molar-refractivity contribution is 0.387. The molecule has 1 unspecified atom stereocenters. The zero-order valence-electron chi connectivity index (χ0n) is 10.3. The maximum atomic E-state index is 5.34. The van der Waals surface area contributed by atoms with Crippen LogP contribution in [0.15, 0.2) is 12.1 Å². The molecule has 0 radical (unpaired) electrons.